The average molecular weight is 397 g/mol. The molecule has 1 atom stereocenters. The van der Waals surface area contributed by atoms with E-state index < -0.39 is 0 Å². The number of carbonyl (C=O) groups is 1. The predicted molar refractivity (Wildman–Crippen MR) is 115 cm³/mol. The van der Waals surface area contributed by atoms with Crippen molar-refractivity contribution in [2.75, 3.05) is 32.8 Å². The lowest BCUT2D eigenvalue weighted by Gasteiger charge is -2.33. The lowest BCUT2D eigenvalue weighted by atomic mass is 9.87. The van der Waals surface area contributed by atoms with E-state index >= 15 is 0 Å². The quantitative estimate of drug-likeness (QED) is 0.780. The maximum atomic E-state index is 12.2. The molecule has 1 fully saturated rings. The van der Waals surface area contributed by atoms with Gasteiger partial charge in [0.2, 0.25) is 0 Å². The van der Waals surface area contributed by atoms with Gasteiger partial charge in [0.15, 0.2) is 6.61 Å². The average Bonchev–Trinajstić information content (AvgIpc) is 2.71. The van der Waals surface area contributed by atoms with Gasteiger partial charge in [-0.2, -0.15) is 0 Å². The van der Waals surface area contributed by atoms with Crippen LogP contribution in [0, 0.1) is 0 Å². The SMILES string of the molecule is CC(C)(C)c1ccc(OCC(=O)NCC2CN(Cc3ccccc3)CCO2)cc1. The minimum Gasteiger partial charge on any atom is -0.484 e. The zero-order valence-electron chi connectivity index (χ0n) is 17.7. The highest BCUT2D eigenvalue weighted by atomic mass is 16.5. The fraction of sp³-hybridized carbons (Fsp3) is 0.458. The number of amides is 1. The molecular formula is C24H32N2O3. The van der Waals surface area contributed by atoms with E-state index in [0.717, 1.165) is 19.6 Å². The number of rotatable bonds is 7. The molecule has 1 unspecified atom stereocenters. The summed E-state index contributed by atoms with van der Waals surface area (Å²) in [7, 11) is 0. The van der Waals surface area contributed by atoms with E-state index in [1.54, 1.807) is 0 Å². The number of carbonyl (C=O) groups excluding carboxylic acids is 1. The number of morpholine rings is 1. The first kappa shape index (κ1) is 21.3. The van der Waals surface area contributed by atoms with Gasteiger partial charge in [0.25, 0.3) is 5.91 Å². The molecule has 1 heterocycles. The van der Waals surface area contributed by atoms with E-state index in [4.69, 9.17) is 9.47 Å². The van der Waals surface area contributed by atoms with Gasteiger partial charge in [0.1, 0.15) is 5.75 Å². The molecule has 0 radical (unpaired) electrons. The summed E-state index contributed by atoms with van der Waals surface area (Å²) in [4.78, 5) is 14.5. The first-order valence-electron chi connectivity index (χ1n) is 10.3. The normalized spacial score (nSPS) is 17.7. The van der Waals surface area contributed by atoms with Crippen LogP contribution in [0.1, 0.15) is 31.9 Å². The van der Waals surface area contributed by atoms with Crippen LogP contribution in [0.3, 0.4) is 0 Å². The van der Waals surface area contributed by atoms with Crippen molar-refractivity contribution >= 4 is 5.91 Å². The van der Waals surface area contributed by atoms with Crippen LogP contribution in [0.15, 0.2) is 54.6 Å². The summed E-state index contributed by atoms with van der Waals surface area (Å²) in [6.07, 6.45) is 0.00230. The highest BCUT2D eigenvalue weighted by Gasteiger charge is 2.21. The molecule has 1 amide bonds. The zero-order chi connectivity index (χ0) is 20.7. The first-order valence-corrected chi connectivity index (χ1v) is 10.3. The molecule has 1 aliphatic heterocycles. The molecule has 5 heteroatoms. The summed E-state index contributed by atoms with van der Waals surface area (Å²) in [5, 5.41) is 2.93. The largest absolute Gasteiger partial charge is 0.484 e. The van der Waals surface area contributed by atoms with Gasteiger partial charge in [0.05, 0.1) is 12.7 Å². The Morgan fingerprint density at radius 3 is 2.55 bits per heavy atom. The molecule has 29 heavy (non-hydrogen) atoms. The van der Waals surface area contributed by atoms with Crippen molar-refractivity contribution in [2.24, 2.45) is 0 Å². The molecule has 0 spiro atoms. The van der Waals surface area contributed by atoms with Crippen LogP contribution < -0.4 is 10.1 Å². The van der Waals surface area contributed by atoms with Crippen molar-refractivity contribution in [1.29, 1.82) is 0 Å². The second kappa shape index (κ2) is 9.90. The van der Waals surface area contributed by atoms with Gasteiger partial charge >= 0.3 is 0 Å². The molecule has 2 aromatic rings. The molecule has 1 N–H and O–H groups in total. The second-order valence-electron chi connectivity index (χ2n) is 8.58. The van der Waals surface area contributed by atoms with Crippen molar-refractivity contribution in [3.63, 3.8) is 0 Å². The maximum Gasteiger partial charge on any atom is 0.258 e. The fourth-order valence-corrected chi connectivity index (χ4v) is 3.37. The van der Waals surface area contributed by atoms with E-state index in [1.807, 2.05) is 30.3 Å². The molecule has 1 saturated heterocycles. The van der Waals surface area contributed by atoms with Gasteiger partial charge in [-0.05, 0) is 28.7 Å². The third-order valence-electron chi connectivity index (χ3n) is 5.09. The Balaban J connectivity index is 1.38. The summed E-state index contributed by atoms with van der Waals surface area (Å²) < 4.78 is 11.4. The summed E-state index contributed by atoms with van der Waals surface area (Å²) in [5.41, 5.74) is 2.64. The minimum atomic E-state index is -0.131. The number of hydrogen-bond acceptors (Lipinski definition) is 4. The Hall–Kier alpha value is -2.37. The molecule has 0 bridgehead atoms. The van der Waals surface area contributed by atoms with Crippen molar-refractivity contribution in [1.82, 2.24) is 10.2 Å². The molecule has 0 aliphatic carbocycles. The molecule has 5 nitrogen and oxygen atoms in total. The van der Waals surface area contributed by atoms with E-state index in [0.29, 0.717) is 18.9 Å². The van der Waals surface area contributed by atoms with Crippen molar-refractivity contribution in [3.05, 3.63) is 65.7 Å². The van der Waals surface area contributed by atoms with E-state index in [1.165, 1.54) is 11.1 Å². The van der Waals surface area contributed by atoms with Gasteiger partial charge in [-0.25, -0.2) is 0 Å². The minimum absolute atomic E-state index is 0.00230. The smallest absolute Gasteiger partial charge is 0.258 e. The first-order chi connectivity index (χ1) is 13.9. The number of hydrogen-bond donors (Lipinski definition) is 1. The summed E-state index contributed by atoms with van der Waals surface area (Å²) in [6, 6.07) is 18.3. The van der Waals surface area contributed by atoms with Crippen LogP contribution in [0.2, 0.25) is 0 Å². The van der Waals surface area contributed by atoms with Gasteiger partial charge in [-0.3, -0.25) is 9.69 Å². The molecule has 3 rings (SSSR count). The summed E-state index contributed by atoms with van der Waals surface area (Å²) in [5.74, 6) is 0.574. The predicted octanol–water partition coefficient (Wildman–Crippen LogP) is 3.38. The van der Waals surface area contributed by atoms with Crippen molar-refractivity contribution in [3.8, 4) is 5.75 Å². The lowest BCUT2D eigenvalue weighted by Crippen LogP contribution is -2.47. The van der Waals surface area contributed by atoms with Gasteiger partial charge in [-0.15, -0.1) is 0 Å². The Morgan fingerprint density at radius 1 is 1.14 bits per heavy atom. The monoisotopic (exact) mass is 396 g/mol. The van der Waals surface area contributed by atoms with E-state index in [9.17, 15) is 4.79 Å². The second-order valence-corrected chi connectivity index (χ2v) is 8.58. The standard InChI is InChI=1S/C24H32N2O3/c1-24(2,3)20-9-11-21(12-10-20)29-18-23(27)25-15-22-17-26(13-14-28-22)16-19-7-5-4-6-8-19/h4-12,22H,13-18H2,1-3H3,(H,25,27). The number of nitrogens with one attached hydrogen (secondary N) is 1. The number of nitrogens with zero attached hydrogens (tertiary/aromatic N) is 1. The third kappa shape index (κ3) is 6.87. The van der Waals surface area contributed by atoms with Crippen LogP contribution in [-0.2, 0) is 21.5 Å². The number of benzene rings is 2. The van der Waals surface area contributed by atoms with Crippen molar-refractivity contribution in [2.45, 2.75) is 38.8 Å². The van der Waals surface area contributed by atoms with Gasteiger partial charge in [0, 0.05) is 26.2 Å². The molecular weight excluding hydrogens is 364 g/mol. The topological polar surface area (TPSA) is 50.8 Å². The van der Waals surface area contributed by atoms with Crippen LogP contribution in [0.4, 0.5) is 0 Å². The summed E-state index contributed by atoms with van der Waals surface area (Å²) in [6.45, 7) is 10.3. The Morgan fingerprint density at radius 2 is 1.86 bits per heavy atom. The Bertz CT molecular complexity index is 769. The Kier molecular flexibility index (Phi) is 7.29. The third-order valence-corrected chi connectivity index (χ3v) is 5.09. The highest BCUT2D eigenvalue weighted by Crippen LogP contribution is 2.24. The molecule has 0 aromatic heterocycles. The van der Waals surface area contributed by atoms with Gasteiger partial charge < -0.3 is 14.8 Å². The molecule has 0 saturated carbocycles. The Labute approximate surface area is 174 Å². The van der Waals surface area contributed by atoms with Crippen LogP contribution in [-0.4, -0.2) is 49.8 Å². The van der Waals surface area contributed by atoms with Crippen LogP contribution >= 0.6 is 0 Å². The van der Waals surface area contributed by atoms with Gasteiger partial charge in [-0.1, -0.05) is 63.2 Å². The molecule has 1 aliphatic rings. The number of ether oxygens (including phenoxy) is 2. The van der Waals surface area contributed by atoms with Crippen molar-refractivity contribution < 1.29 is 14.3 Å². The highest BCUT2D eigenvalue weighted by molar-refractivity contribution is 5.77. The van der Waals surface area contributed by atoms with Crippen LogP contribution in [0.5, 0.6) is 5.75 Å². The molecule has 2 aromatic carbocycles. The van der Waals surface area contributed by atoms with E-state index in [-0.39, 0.29) is 24.0 Å². The lowest BCUT2D eigenvalue weighted by molar-refractivity contribution is -0.124. The fourth-order valence-electron chi connectivity index (χ4n) is 3.37. The summed E-state index contributed by atoms with van der Waals surface area (Å²) >= 11 is 0. The molecule has 156 valence electrons. The van der Waals surface area contributed by atoms with Crippen LogP contribution in [0.25, 0.3) is 0 Å². The van der Waals surface area contributed by atoms with E-state index in [2.05, 4.69) is 55.3 Å². The zero-order valence-corrected chi connectivity index (χ0v) is 17.7. The maximum absolute atomic E-state index is 12.2.